The number of ketones is 1. The number of hydrogen-bond acceptors (Lipinski definition) is 4. The number of nitrogens with two attached hydrogens (primary N) is 1. The molecule has 0 fully saturated rings. The molecule has 134 valence electrons. The Bertz CT molecular complexity index is 991. The smallest absolute Gasteiger partial charge is 0.252 e. The molecule has 6 heteroatoms. The third-order valence-electron chi connectivity index (χ3n) is 4.27. The third kappa shape index (κ3) is 3.13. The zero-order valence-electron chi connectivity index (χ0n) is 14.8. The van der Waals surface area contributed by atoms with Crippen LogP contribution in [0.4, 0.5) is 0 Å². The number of aryl methyl sites for hydroxylation is 1. The van der Waals surface area contributed by atoms with Crippen LogP contribution in [-0.4, -0.2) is 29.9 Å². The Labute approximate surface area is 150 Å². The number of methoxy groups -OCH3 is 1. The maximum atomic E-state index is 13.0. The molecular formula is C20H20N2O4. The minimum Gasteiger partial charge on any atom is -0.497 e. The Kier molecular flexibility index (Phi) is 4.67. The van der Waals surface area contributed by atoms with Crippen molar-refractivity contribution in [2.24, 2.45) is 5.73 Å². The molecule has 0 saturated carbocycles. The van der Waals surface area contributed by atoms with E-state index in [4.69, 9.17) is 15.2 Å². The summed E-state index contributed by atoms with van der Waals surface area (Å²) >= 11 is 0. The molecule has 0 spiro atoms. The second kappa shape index (κ2) is 6.92. The minimum atomic E-state index is -0.807. The quantitative estimate of drug-likeness (QED) is 0.666. The van der Waals surface area contributed by atoms with Crippen LogP contribution < -0.4 is 15.2 Å². The van der Waals surface area contributed by atoms with E-state index in [-0.39, 0.29) is 17.1 Å². The largest absolute Gasteiger partial charge is 0.497 e. The standard InChI is InChI=1S/C20H20N2O4/c1-11-18(14-6-4-5-7-16(14)22-11)19(23)12(2)26-17-10-13(25-3)8-9-15(17)20(21)24/h4-10,12,22H,1-3H3,(H2,21,24). The molecule has 1 amide bonds. The second-order valence-electron chi connectivity index (χ2n) is 6.02. The molecule has 0 bridgehead atoms. The highest BCUT2D eigenvalue weighted by molar-refractivity contribution is 6.11. The number of amides is 1. The van der Waals surface area contributed by atoms with E-state index in [0.717, 1.165) is 16.6 Å². The van der Waals surface area contributed by atoms with Crippen molar-refractivity contribution >= 4 is 22.6 Å². The lowest BCUT2D eigenvalue weighted by Gasteiger charge is -2.16. The van der Waals surface area contributed by atoms with E-state index in [0.29, 0.717) is 11.3 Å². The lowest BCUT2D eigenvalue weighted by atomic mass is 10.0. The summed E-state index contributed by atoms with van der Waals surface area (Å²) in [5.74, 6) is -0.0908. The Morgan fingerprint density at radius 1 is 1.15 bits per heavy atom. The molecule has 6 nitrogen and oxygen atoms in total. The predicted octanol–water partition coefficient (Wildman–Crippen LogP) is 3.23. The summed E-state index contributed by atoms with van der Waals surface area (Å²) in [6.45, 7) is 3.49. The number of ether oxygens (including phenoxy) is 2. The summed E-state index contributed by atoms with van der Waals surface area (Å²) in [6, 6.07) is 12.3. The molecule has 2 aromatic carbocycles. The Balaban J connectivity index is 1.95. The number of Topliss-reactive ketones (excluding diaryl/α,β-unsaturated/α-hetero) is 1. The van der Waals surface area contributed by atoms with Crippen LogP contribution in [0.2, 0.25) is 0 Å². The molecule has 0 aliphatic rings. The summed E-state index contributed by atoms with van der Waals surface area (Å²) in [5, 5.41) is 0.839. The van der Waals surface area contributed by atoms with Gasteiger partial charge in [-0.1, -0.05) is 18.2 Å². The summed E-state index contributed by atoms with van der Waals surface area (Å²) in [6.07, 6.45) is -0.807. The molecule has 0 radical (unpaired) electrons. The number of aromatic nitrogens is 1. The number of carbonyl (C=O) groups excluding carboxylic acids is 2. The minimum absolute atomic E-state index is 0.182. The van der Waals surface area contributed by atoms with Crippen molar-refractivity contribution in [1.29, 1.82) is 0 Å². The van der Waals surface area contributed by atoms with Crippen molar-refractivity contribution < 1.29 is 19.1 Å². The van der Waals surface area contributed by atoms with Crippen molar-refractivity contribution in [2.75, 3.05) is 7.11 Å². The van der Waals surface area contributed by atoms with Gasteiger partial charge < -0.3 is 20.2 Å². The maximum absolute atomic E-state index is 13.0. The van der Waals surface area contributed by atoms with Crippen molar-refractivity contribution in [1.82, 2.24) is 4.98 Å². The number of primary amides is 1. The number of nitrogens with one attached hydrogen (secondary N) is 1. The van der Waals surface area contributed by atoms with E-state index in [1.54, 1.807) is 19.1 Å². The Morgan fingerprint density at radius 2 is 1.88 bits per heavy atom. The fourth-order valence-electron chi connectivity index (χ4n) is 2.97. The van der Waals surface area contributed by atoms with Gasteiger partial charge in [-0.15, -0.1) is 0 Å². The first kappa shape index (κ1) is 17.5. The highest BCUT2D eigenvalue weighted by Gasteiger charge is 2.24. The maximum Gasteiger partial charge on any atom is 0.252 e. The van der Waals surface area contributed by atoms with Crippen molar-refractivity contribution in [3.63, 3.8) is 0 Å². The van der Waals surface area contributed by atoms with Gasteiger partial charge in [-0.3, -0.25) is 9.59 Å². The average molecular weight is 352 g/mol. The third-order valence-corrected chi connectivity index (χ3v) is 4.27. The Hall–Kier alpha value is -3.28. The first-order valence-electron chi connectivity index (χ1n) is 8.18. The van der Waals surface area contributed by atoms with Crippen LogP contribution in [-0.2, 0) is 0 Å². The number of rotatable bonds is 6. The molecule has 1 unspecified atom stereocenters. The topological polar surface area (TPSA) is 94.4 Å². The molecule has 26 heavy (non-hydrogen) atoms. The first-order valence-corrected chi connectivity index (χ1v) is 8.18. The zero-order chi connectivity index (χ0) is 18.8. The van der Waals surface area contributed by atoms with Gasteiger partial charge in [0, 0.05) is 28.2 Å². The van der Waals surface area contributed by atoms with E-state index in [1.807, 2.05) is 31.2 Å². The van der Waals surface area contributed by atoms with Gasteiger partial charge in [0.05, 0.1) is 12.7 Å². The monoisotopic (exact) mass is 352 g/mol. The predicted molar refractivity (Wildman–Crippen MR) is 99.0 cm³/mol. The van der Waals surface area contributed by atoms with Crippen LogP contribution in [0.25, 0.3) is 10.9 Å². The van der Waals surface area contributed by atoms with Crippen LogP contribution in [0.3, 0.4) is 0 Å². The number of hydrogen-bond donors (Lipinski definition) is 2. The lowest BCUT2D eigenvalue weighted by molar-refractivity contribution is 0.0811. The van der Waals surface area contributed by atoms with E-state index in [2.05, 4.69) is 4.98 Å². The normalized spacial score (nSPS) is 12.0. The Morgan fingerprint density at radius 3 is 2.58 bits per heavy atom. The van der Waals surface area contributed by atoms with Crippen LogP contribution in [0.15, 0.2) is 42.5 Å². The van der Waals surface area contributed by atoms with Gasteiger partial charge in [0.15, 0.2) is 6.10 Å². The number of aromatic amines is 1. The summed E-state index contributed by atoms with van der Waals surface area (Å²) < 4.78 is 11.0. The van der Waals surface area contributed by atoms with Crippen LogP contribution in [0.5, 0.6) is 11.5 Å². The summed E-state index contributed by atoms with van der Waals surface area (Å²) in [5.41, 5.74) is 7.84. The van der Waals surface area contributed by atoms with Gasteiger partial charge in [-0.25, -0.2) is 0 Å². The van der Waals surface area contributed by atoms with Gasteiger partial charge in [-0.05, 0) is 32.0 Å². The number of para-hydroxylation sites is 1. The van der Waals surface area contributed by atoms with Crippen molar-refractivity contribution in [3.8, 4) is 11.5 Å². The van der Waals surface area contributed by atoms with Crippen molar-refractivity contribution in [2.45, 2.75) is 20.0 Å². The van der Waals surface area contributed by atoms with E-state index in [9.17, 15) is 9.59 Å². The molecule has 3 N–H and O–H groups in total. The van der Waals surface area contributed by atoms with E-state index >= 15 is 0 Å². The molecule has 3 aromatic rings. The number of carbonyl (C=O) groups is 2. The number of fused-ring (bicyclic) bond motifs is 1. The SMILES string of the molecule is COc1ccc(C(N)=O)c(OC(C)C(=O)c2c(C)[nH]c3ccccc23)c1. The fourth-order valence-corrected chi connectivity index (χ4v) is 2.97. The molecular weight excluding hydrogens is 332 g/mol. The molecule has 0 saturated heterocycles. The van der Waals surface area contributed by atoms with Crippen molar-refractivity contribution in [3.05, 3.63) is 59.3 Å². The zero-order valence-corrected chi connectivity index (χ0v) is 14.8. The summed E-state index contributed by atoms with van der Waals surface area (Å²) in [7, 11) is 1.51. The van der Waals surface area contributed by atoms with Gasteiger partial charge in [0.1, 0.15) is 11.5 Å². The molecule has 0 aliphatic carbocycles. The molecule has 0 aliphatic heterocycles. The summed E-state index contributed by atoms with van der Waals surface area (Å²) in [4.78, 5) is 27.8. The van der Waals surface area contributed by atoms with Gasteiger partial charge >= 0.3 is 0 Å². The molecule has 1 atom stereocenters. The van der Waals surface area contributed by atoms with Gasteiger partial charge in [0.2, 0.25) is 5.78 Å². The lowest BCUT2D eigenvalue weighted by Crippen LogP contribution is -2.26. The molecule has 1 heterocycles. The van der Waals surface area contributed by atoms with Crippen LogP contribution >= 0.6 is 0 Å². The second-order valence-corrected chi connectivity index (χ2v) is 6.02. The van der Waals surface area contributed by atoms with E-state index < -0.39 is 12.0 Å². The number of H-pyrrole nitrogens is 1. The molecule has 1 aromatic heterocycles. The first-order chi connectivity index (χ1) is 12.4. The highest BCUT2D eigenvalue weighted by Crippen LogP contribution is 2.28. The van der Waals surface area contributed by atoms with Crippen LogP contribution in [0, 0.1) is 6.92 Å². The van der Waals surface area contributed by atoms with Crippen LogP contribution in [0.1, 0.15) is 33.3 Å². The fraction of sp³-hybridized carbons (Fsp3) is 0.200. The molecule has 3 rings (SSSR count). The van der Waals surface area contributed by atoms with Gasteiger partial charge in [0.25, 0.3) is 5.91 Å². The average Bonchev–Trinajstić information content (AvgIpc) is 2.96. The highest BCUT2D eigenvalue weighted by atomic mass is 16.5. The van der Waals surface area contributed by atoms with E-state index in [1.165, 1.54) is 13.2 Å². The van der Waals surface area contributed by atoms with Gasteiger partial charge in [-0.2, -0.15) is 0 Å². The number of benzene rings is 2.